The van der Waals surface area contributed by atoms with Crippen LogP contribution in [0.3, 0.4) is 0 Å². The summed E-state index contributed by atoms with van der Waals surface area (Å²) in [5.74, 6) is 0. The number of aromatic nitrogens is 1. The Labute approximate surface area is 95.5 Å². The van der Waals surface area contributed by atoms with Crippen LogP contribution in [0.25, 0.3) is 0 Å². The predicted octanol–water partition coefficient (Wildman–Crippen LogP) is 1.95. The molecular formula is C11H19N3S. The molecule has 0 aliphatic heterocycles. The molecule has 1 aromatic heterocycles. The third kappa shape index (κ3) is 2.92. The van der Waals surface area contributed by atoms with Crippen LogP contribution in [0.5, 0.6) is 0 Å². The normalized spacial score (nSPS) is 15.7. The second-order valence-corrected chi connectivity index (χ2v) is 5.47. The summed E-state index contributed by atoms with van der Waals surface area (Å²) in [6, 6.07) is 0.804. The molecule has 0 amide bonds. The Bertz CT molecular complexity index is 311. The van der Waals surface area contributed by atoms with Gasteiger partial charge in [-0.15, -0.1) is 11.3 Å². The van der Waals surface area contributed by atoms with Crippen molar-refractivity contribution in [1.29, 1.82) is 0 Å². The van der Waals surface area contributed by atoms with Crippen LogP contribution in [0.1, 0.15) is 23.4 Å². The first-order valence-electron chi connectivity index (χ1n) is 5.55. The van der Waals surface area contributed by atoms with Crippen LogP contribution in [0.15, 0.2) is 0 Å². The van der Waals surface area contributed by atoms with E-state index in [2.05, 4.69) is 36.1 Å². The second-order valence-electron chi connectivity index (χ2n) is 4.29. The van der Waals surface area contributed by atoms with Gasteiger partial charge in [0.15, 0.2) is 5.13 Å². The monoisotopic (exact) mass is 225 g/mol. The highest BCUT2D eigenvalue weighted by Gasteiger charge is 2.20. The van der Waals surface area contributed by atoms with Gasteiger partial charge in [0, 0.05) is 31.1 Å². The summed E-state index contributed by atoms with van der Waals surface area (Å²) in [5.41, 5.74) is 1.16. The average Bonchev–Trinajstić information content (AvgIpc) is 2.94. The Hall–Kier alpha value is -0.610. The molecule has 1 N–H and O–H groups in total. The van der Waals surface area contributed by atoms with Crippen LogP contribution >= 0.6 is 11.3 Å². The molecule has 1 fully saturated rings. The van der Waals surface area contributed by atoms with E-state index in [1.54, 1.807) is 11.3 Å². The smallest absolute Gasteiger partial charge is 0.185 e. The highest BCUT2D eigenvalue weighted by molar-refractivity contribution is 7.15. The minimum Gasteiger partial charge on any atom is -0.350 e. The third-order valence-electron chi connectivity index (χ3n) is 2.80. The van der Waals surface area contributed by atoms with E-state index >= 15 is 0 Å². The first-order valence-corrected chi connectivity index (χ1v) is 6.37. The quantitative estimate of drug-likeness (QED) is 0.830. The summed E-state index contributed by atoms with van der Waals surface area (Å²) in [4.78, 5) is 8.10. The van der Waals surface area contributed by atoms with Gasteiger partial charge in [0.25, 0.3) is 0 Å². The van der Waals surface area contributed by atoms with Gasteiger partial charge in [0.05, 0.1) is 5.69 Å². The molecule has 1 aliphatic carbocycles. The van der Waals surface area contributed by atoms with Gasteiger partial charge >= 0.3 is 0 Å². The van der Waals surface area contributed by atoms with Crippen molar-refractivity contribution in [2.75, 3.05) is 25.0 Å². The Balaban J connectivity index is 1.80. The van der Waals surface area contributed by atoms with Gasteiger partial charge in [0.1, 0.15) is 0 Å². The van der Waals surface area contributed by atoms with Crippen molar-refractivity contribution >= 4 is 16.5 Å². The number of hydrogen-bond acceptors (Lipinski definition) is 4. The van der Waals surface area contributed by atoms with Gasteiger partial charge in [0.2, 0.25) is 0 Å². The number of likely N-dealkylation sites (N-methyl/N-ethyl adjacent to an activating group) is 1. The molecule has 4 heteroatoms. The number of thiazole rings is 1. The Kier molecular flexibility index (Phi) is 3.26. The van der Waals surface area contributed by atoms with Crippen molar-refractivity contribution < 1.29 is 0 Å². The first-order chi connectivity index (χ1) is 7.16. The second kappa shape index (κ2) is 4.49. The Morgan fingerprint density at radius 3 is 2.73 bits per heavy atom. The van der Waals surface area contributed by atoms with E-state index in [1.807, 2.05) is 0 Å². The number of hydrogen-bond donors (Lipinski definition) is 1. The molecule has 0 aromatic carbocycles. The van der Waals surface area contributed by atoms with E-state index in [-0.39, 0.29) is 0 Å². The molecule has 0 bridgehead atoms. The Morgan fingerprint density at radius 2 is 2.20 bits per heavy atom. The predicted molar refractivity (Wildman–Crippen MR) is 65.9 cm³/mol. The van der Waals surface area contributed by atoms with Crippen LogP contribution in [0, 0.1) is 13.8 Å². The lowest BCUT2D eigenvalue weighted by Crippen LogP contribution is -2.30. The molecule has 1 heterocycles. The fourth-order valence-corrected chi connectivity index (χ4v) is 2.34. The molecule has 84 valence electrons. The molecular weight excluding hydrogens is 206 g/mol. The molecule has 3 nitrogen and oxygen atoms in total. The first kappa shape index (κ1) is 10.9. The van der Waals surface area contributed by atoms with E-state index < -0.39 is 0 Å². The highest BCUT2D eigenvalue weighted by atomic mass is 32.1. The maximum atomic E-state index is 4.54. The summed E-state index contributed by atoms with van der Waals surface area (Å²) >= 11 is 1.78. The molecule has 1 saturated carbocycles. The highest BCUT2D eigenvalue weighted by Crippen LogP contribution is 2.24. The molecule has 2 rings (SSSR count). The average molecular weight is 225 g/mol. The number of nitrogens with zero attached hydrogens (tertiary/aromatic N) is 2. The summed E-state index contributed by atoms with van der Waals surface area (Å²) in [6.07, 6.45) is 2.72. The van der Waals surface area contributed by atoms with E-state index in [1.165, 1.54) is 17.7 Å². The minimum absolute atomic E-state index is 0.804. The summed E-state index contributed by atoms with van der Waals surface area (Å²) in [5, 5.41) is 4.66. The summed E-state index contributed by atoms with van der Waals surface area (Å²) < 4.78 is 0. The number of rotatable bonds is 5. The van der Waals surface area contributed by atoms with E-state index in [0.29, 0.717) is 0 Å². The molecule has 0 spiro atoms. The van der Waals surface area contributed by atoms with Crippen molar-refractivity contribution in [1.82, 2.24) is 10.3 Å². The van der Waals surface area contributed by atoms with Crippen LogP contribution in [-0.2, 0) is 0 Å². The fourth-order valence-electron chi connectivity index (χ4n) is 1.44. The Morgan fingerprint density at radius 1 is 1.47 bits per heavy atom. The van der Waals surface area contributed by atoms with Gasteiger partial charge in [-0.25, -0.2) is 4.98 Å². The minimum atomic E-state index is 0.804. The maximum absolute atomic E-state index is 4.54. The summed E-state index contributed by atoms with van der Waals surface area (Å²) in [7, 11) is 2.12. The maximum Gasteiger partial charge on any atom is 0.185 e. The van der Waals surface area contributed by atoms with Crippen LogP contribution in [0.4, 0.5) is 5.13 Å². The molecule has 0 saturated heterocycles. The van der Waals surface area contributed by atoms with Gasteiger partial charge in [-0.05, 0) is 26.7 Å². The van der Waals surface area contributed by atoms with Crippen molar-refractivity contribution in [3.8, 4) is 0 Å². The zero-order chi connectivity index (χ0) is 10.8. The number of anilines is 1. The van der Waals surface area contributed by atoms with Crippen molar-refractivity contribution in [3.05, 3.63) is 10.6 Å². The summed E-state index contributed by atoms with van der Waals surface area (Å²) in [6.45, 7) is 6.32. The van der Waals surface area contributed by atoms with E-state index in [0.717, 1.165) is 30.0 Å². The zero-order valence-electron chi connectivity index (χ0n) is 9.71. The molecule has 1 aromatic rings. The van der Waals surface area contributed by atoms with Crippen molar-refractivity contribution in [3.63, 3.8) is 0 Å². The van der Waals surface area contributed by atoms with Gasteiger partial charge in [-0.2, -0.15) is 0 Å². The molecule has 15 heavy (non-hydrogen) atoms. The standard InChI is InChI=1S/C11H19N3S/c1-8-9(2)15-11(13-8)14(3)7-6-12-10-4-5-10/h10,12H,4-7H2,1-3H3. The molecule has 0 atom stereocenters. The van der Waals surface area contributed by atoms with Gasteiger partial charge in [-0.3, -0.25) is 0 Å². The van der Waals surface area contributed by atoms with Gasteiger partial charge in [-0.1, -0.05) is 0 Å². The number of aryl methyl sites for hydroxylation is 2. The zero-order valence-corrected chi connectivity index (χ0v) is 10.5. The number of nitrogens with one attached hydrogen (secondary N) is 1. The lowest BCUT2D eigenvalue weighted by atomic mass is 10.4. The van der Waals surface area contributed by atoms with E-state index in [9.17, 15) is 0 Å². The topological polar surface area (TPSA) is 28.2 Å². The largest absolute Gasteiger partial charge is 0.350 e. The van der Waals surface area contributed by atoms with E-state index in [4.69, 9.17) is 0 Å². The molecule has 0 radical (unpaired) electrons. The lowest BCUT2D eigenvalue weighted by Gasteiger charge is -2.15. The molecule has 0 unspecified atom stereocenters. The van der Waals surface area contributed by atoms with Crippen LogP contribution in [-0.4, -0.2) is 31.2 Å². The lowest BCUT2D eigenvalue weighted by molar-refractivity contribution is 0.674. The fraction of sp³-hybridized carbons (Fsp3) is 0.727. The van der Waals surface area contributed by atoms with Crippen molar-refractivity contribution in [2.24, 2.45) is 0 Å². The van der Waals surface area contributed by atoms with Crippen LogP contribution < -0.4 is 10.2 Å². The van der Waals surface area contributed by atoms with Crippen molar-refractivity contribution in [2.45, 2.75) is 32.7 Å². The molecule has 1 aliphatic rings. The van der Waals surface area contributed by atoms with Crippen LogP contribution in [0.2, 0.25) is 0 Å². The van der Waals surface area contributed by atoms with Gasteiger partial charge < -0.3 is 10.2 Å². The third-order valence-corrected chi connectivity index (χ3v) is 3.99. The SMILES string of the molecule is Cc1nc(N(C)CCNC2CC2)sc1C.